The van der Waals surface area contributed by atoms with Crippen molar-refractivity contribution in [1.29, 1.82) is 0 Å². The summed E-state index contributed by atoms with van der Waals surface area (Å²) in [5.74, 6) is -0.466. The molecule has 8 heteroatoms. The molecule has 0 aliphatic heterocycles. The number of benzene rings is 1. The lowest BCUT2D eigenvalue weighted by molar-refractivity contribution is -0.137. The van der Waals surface area contributed by atoms with Crippen LogP contribution in [0.2, 0.25) is 0 Å². The number of carboxylic acid groups (broad SMARTS) is 1. The number of ether oxygens (including phenoxy) is 2. The summed E-state index contributed by atoms with van der Waals surface area (Å²) in [6, 6.07) is 3.31. The third-order valence-corrected chi connectivity index (χ3v) is 5.46. The number of aliphatic carboxylic acids is 1. The third kappa shape index (κ3) is 5.19. The number of aryl methyl sites for hydroxylation is 2. The van der Waals surface area contributed by atoms with Gasteiger partial charge in [0.1, 0.15) is 12.4 Å². The summed E-state index contributed by atoms with van der Waals surface area (Å²) >= 11 is 0. The molecule has 7 nitrogen and oxygen atoms in total. The van der Waals surface area contributed by atoms with Crippen LogP contribution in [0.5, 0.6) is 5.75 Å². The highest BCUT2D eigenvalue weighted by Gasteiger charge is 2.25. The van der Waals surface area contributed by atoms with Crippen molar-refractivity contribution in [2.75, 3.05) is 33.9 Å². The predicted octanol–water partition coefficient (Wildman–Crippen LogP) is 1.42. The fourth-order valence-electron chi connectivity index (χ4n) is 2.17. The average molecular weight is 345 g/mol. The number of rotatable bonds is 9. The average Bonchev–Trinajstić information content (AvgIpc) is 2.43. The fraction of sp³-hybridized carbons (Fsp3) is 0.533. The lowest BCUT2D eigenvalue weighted by Gasteiger charge is -2.20. The molecule has 0 saturated heterocycles. The quantitative estimate of drug-likeness (QED) is 0.681. The Morgan fingerprint density at radius 1 is 1.22 bits per heavy atom. The summed E-state index contributed by atoms with van der Waals surface area (Å²) < 4.78 is 36.7. The maximum absolute atomic E-state index is 12.6. The van der Waals surface area contributed by atoms with E-state index in [1.54, 1.807) is 33.1 Å². The van der Waals surface area contributed by atoms with Gasteiger partial charge in [-0.05, 0) is 37.1 Å². The largest absolute Gasteiger partial charge is 0.491 e. The molecule has 1 N–H and O–H groups in total. The van der Waals surface area contributed by atoms with Crippen LogP contribution in [0.15, 0.2) is 17.0 Å². The molecule has 0 unspecified atom stereocenters. The van der Waals surface area contributed by atoms with Gasteiger partial charge in [-0.15, -0.1) is 0 Å². The van der Waals surface area contributed by atoms with Crippen molar-refractivity contribution in [3.63, 3.8) is 0 Å². The Bertz CT molecular complexity index is 633. The molecule has 0 aliphatic carbocycles. The summed E-state index contributed by atoms with van der Waals surface area (Å²) in [6.45, 7) is 4.11. The highest BCUT2D eigenvalue weighted by atomic mass is 32.2. The van der Waals surface area contributed by atoms with Crippen LogP contribution in [-0.2, 0) is 19.6 Å². The van der Waals surface area contributed by atoms with Crippen molar-refractivity contribution < 1.29 is 27.8 Å². The standard InChI is InChI=1S/C15H23NO6S/c1-11-9-13(22-8-7-21-4)10-12(2)15(11)23(19,20)16(3)6-5-14(17)18/h9-10H,5-8H2,1-4H3,(H,17,18). The van der Waals surface area contributed by atoms with E-state index in [-0.39, 0.29) is 17.9 Å². The summed E-state index contributed by atoms with van der Waals surface area (Å²) in [7, 11) is -0.801. The molecule has 1 aromatic rings. The molecule has 0 aliphatic rings. The van der Waals surface area contributed by atoms with E-state index in [4.69, 9.17) is 14.6 Å². The van der Waals surface area contributed by atoms with Crippen LogP contribution in [0.3, 0.4) is 0 Å². The third-order valence-electron chi connectivity index (χ3n) is 3.30. The van der Waals surface area contributed by atoms with E-state index in [1.807, 2.05) is 0 Å². The summed E-state index contributed by atoms with van der Waals surface area (Å²) in [5, 5.41) is 8.70. The minimum absolute atomic E-state index is 0.0807. The molecular formula is C15H23NO6S. The first-order valence-corrected chi connectivity index (χ1v) is 8.55. The van der Waals surface area contributed by atoms with Crippen molar-refractivity contribution in [2.45, 2.75) is 25.2 Å². The minimum atomic E-state index is -3.75. The van der Waals surface area contributed by atoms with Crippen molar-refractivity contribution in [3.8, 4) is 5.75 Å². The van der Waals surface area contributed by atoms with Crippen LogP contribution in [0, 0.1) is 13.8 Å². The molecular weight excluding hydrogens is 322 g/mol. The van der Waals surface area contributed by atoms with E-state index >= 15 is 0 Å². The van der Waals surface area contributed by atoms with Gasteiger partial charge < -0.3 is 14.6 Å². The smallest absolute Gasteiger partial charge is 0.304 e. The van der Waals surface area contributed by atoms with Gasteiger partial charge in [0, 0.05) is 20.7 Å². The lowest BCUT2D eigenvalue weighted by atomic mass is 10.1. The van der Waals surface area contributed by atoms with Crippen LogP contribution in [0.4, 0.5) is 0 Å². The highest BCUT2D eigenvalue weighted by Crippen LogP contribution is 2.28. The molecule has 0 saturated carbocycles. The Morgan fingerprint density at radius 3 is 2.26 bits per heavy atom. The van der Waals surface area contributed by atoms with E-state index in [0.717, 1.165) is 4.31 Å². The second kappa shape index (κ2) is 8.28. The zero-order valence-electron chi connectivity index (χ0n) is 13.8. The number of hydrogen-bond acceptors (Lipinski definition) is 5. The van der Waals surface area contributed by atoms with Gasteiger partial charge >= 0.3 is 5.97 Å². The van der Waals surface area contributed by atoms with Crippen LogP contribution in [-0.4, -0.2) is 57.7 Å². The van der Waals surface area contributed by atoms with E-state index in [0.29, 0.717) is 30.1 Å². The second-order valence-corrected chi connectivity index (χ2v) is 7.18. The van der Waals surface area contributed by atoms with E-state index in [9.17, 15) is 13.2 Å². The first-order chi connectivity index (χ1) is 10.7. The first kappa shape index (κ1) is 19.4. The maximum atomic E-state index is 12.6. The molecule has 0 fully saturated rings. The number of carbonyl (C=O) groups is 1. The molecule has 0 radical (unpaired) electrons. The molecule has 23 heavy (non-hydrogen) atoms. The summed E-state index contributed by atoms with van der Waals surface area (Å²) in [4.78, 5) is 10.8. The number of methoxy groups -OCH3 is 1. The fourth-order valence-corrected chi connectivity index (χ4v) is 3.75. The maximum Gasteiger partial charge on any atom is 0.304 e. The highest BCUT2D eigenvalue weighted by molar-refractivity contribution is 7.89. The molecule has 0 spiro atoms. The van der Waals surface area contributed by atoms with Crippen molar-refractivity contribution in [3.05, 3.63) is 23.3 Å². The molecule has 1 aromatic carbocycles. The van der Waals surface area contributed by atoms with E-state index in [1.165, 1.54) is 7.05 Å². The Labute approximate surface area is 136 Å². The van der Waals surface area contributed by atoms with Crippen LogP contribution < -0.4 is 4.74 Å². The van der Waals surface area contributed by atoms with Crippen molar-refractivity contribution in [1.82, 2.24) is 4.31 Å². The number of sulfonamides is 1. The normalized spacial score (nSPS) is 11.7. The van der Waals surface area contributed by atoms with Gasteiger partial charge in [0.15, 0.2) is 0 Å². The summed E-state index contributed by atoms with van der Waals surface area (Å²) in [6.07, 6.45) is -0.244. The Hall–Kier alpha value is -1.64. The molecule has 0 aromatic heterocycles. The van der Waals surface area contributed by atoms with E-state index < -0.39 is 16.0 Å². The monoisotopic (exact) mass is 345 g/mol. The van der Waals surface area contributed by atoms with Crippen LogP contribution in [0.25, 0.3) is 0 Å². The number of carboxylic acids is 1. The van der Waals surface area contributed by atoms with Gasteiger partial charge in [0.2, 0.25) is 10.0 Å². The first-order valence-electron chi connectivity index (χ1n) is 7.11. The zero-order chi connectivity index (χ0) is 17.6. The van der Waals surface area contributed by atoms with Gasteiger partial charge in [-0.25, -0.2) is 12.7 Å². The van der Waals surface area contributed by atoms with Crippen molar-refractivity contribution >= 4 is 16.0 Å². The topological polar surface area (TPSA) is 93.1 Å². The molecule has 0 heterocycles. The molecule has 0 atom stereocenters. The summed E-state index contributed by atoms with van der Waals surface area (Å²) in [5.41, 5.74) is 1.11. The second-order valence-electron chi connectivity index (χ2n) is 5.20. The van der Waals surface area contributed by atoms with Gasteiger partial charge in [-0.3, -0.25) is 4.79 Å². The Morgan fingerprint density at radius 2 is 1.78 bits per heavy atom. The van der Waals surface area contributed by atoms with Crippen molar-refractivity contribution in [2.24, 2.45) is 0 Å². The molecule has 0 amide bonds. The Kier molecular flexibility index (Phi) is 6.99. The molecule has 130 valence electrons. The predicted molar refractivity (Wildman–Crippen MR) is 85.4 cm³/mol. The molecule has 0 bridgehead atoms. The van der Waals surface area contributed by atoms with Crippen LogP contribution in [0.1, 0.15) is 17.5 Å². The SMILES string of the molecule is COCCOc1cc(C)c(S(=O)(=O)N(C)CCC(=O)O)c(C)c1. The van der Waals surface area contributed by atoms with Gasteiger partial charge in [-0.2, -0.15) is 0 Å². The number of nitrogens with zero attached hydrogens (tertiary/aromatic N) is 1. The molecule has 1 rings (SSSR count). The lowest BCUT2D eigenvalue weighted by Crippen LogP contribution is -2.30. The number of hydrogen-bond donors (Lipinski definition) is 1. The minimum Gasteiger partial charge on any atom is -0.491 e. The van der Waals surface area contributed by atoms with Gasteiger partial charge in [0.05, 0.1) is 17.9 Å². The van der Waals surface area contributed by atoms with E-state index in [2.05, 4.69) is 0 Å². The zero-order valence-corrected chi connectivity index (χ0v) is 14.6. The van der Waals surface area contributed by atoms with Gasteiger partial charge in [-0.1, -0.05) is 0 Å². The Balaban J connectivity index is 3.04. The van der Waals surface area contributed by atoms with Gasteiger partial charge in [0.25, 0.3) is 0 Å². The van der Waals surface area contributed by atoms with Crippen LogP contribution >= 0.6 is 0 Å².